The first kappa shape index (κ1) is 41.5. The molecule has 3 heterocycles. The maximum Gasteiger partial charge on any atom is 0.408 e. The second-order valence-electron chi connectivity index (χ2n) is 17.1. The van der Waals surface area contributed by atoms with Gasteiger partial charge in [-0.25, -0.2) is 18.2 Å². The molecule has 306 valence electrons. The predicted octanol–water partition coefficient (Wildman–Crippen LogP) is 5.41. The molecule has 14 nitrogen and oxygen atoms in total. The van der Waals surface area contributed by atoms with Crippen molar-refractivity contribution in [1.82, 2.24) is 25.2 Å². The fourth-order valence-electron chi connectivity index (χ4n) is 7.72. The van der Waals surface area contributed by atoms with Gasteiger partial charge in [-0.3, -0.25) is 19.1 Å². The monoisotopic (exact) mass is 815 g/mol. The summed E-state index contributed by atoms with van der Waals surface area (Å²) in [4.78, 5) is 62.4. The summed E-state index contributed by atoms with van der Waals surface area (Å²) in [5, 5.41) is 7.43. The van der Waals surface area contributed by atoms with Crippen LogP contribution in [0.5, 0.6) is 11.6 Å². The van der Waals surface area contributed by atoms with Gasteiger partial charge >= 0.3 is 6.09 Å². The first-order valence-electron chi connectivity index (χ1n) is 19.5. The van der Waals surface area contributed by atoms with Crippen LogP contribution in [-0.4, -0.2) is 89.3 Å². The van der Waals surface area contributed by atoms with E-state index < -0.39 is 73.8 Å². The average Bonchev–Trinajstić information content (AvgIpc) is 3.99. The number of fused-ring (bicyclic) bond motifs is 3. The minimum atomic E-state index is -4.01. The first-order valence-corrected chi connectivity index (χ1v) is 21.3. The Hall–Kier alpha value is -4.11. The van der Waals surface area contributed by atoms with E-state index in [0.29, 0.717) is 53.8 Å². The molecule has 2 unspecified atom stereocenters. The third-order valence-corrected chi connectivity index (χ3v) is 13.7. The molecule has 2 aliphatic heterocycles. The van der Waals surface area contributed by atoms with Crippen molar-refractivity contribution in [2.45, 2.75) is 127 Å². The third-order valence-electron chi connectivity index (χ3n) is 11.3. The Morgan fingerprint density at radius 2 is 1.86 bits per heavy atom. The van der Waals surface area contributed by atoms with E-state index >= 15 is 0 Å². The van der Waals surface area contributed by atoms with Crippen LogP contribution in [0, 0.1) is 17.8 Å². The van der Waals surface area contributed by atoms with Crippen molar-refractivity contribution >= 4 is 56.2 Å². The zero-order chi connectivity index (χ0) is 40.8. The Bertz CT molecular complexity index is 2020. The molecule has 6 rings (SSSR count). The van der Waals surface area contributed by atoms with Crippen molar-refractivity contribution < 1.29 is 41.8 Å². The van der Waals surface area contributed by atoms with Gasteiger partial charge in [0.2, 0.25) is 27.7 Å². The maximum atomic E-state index is 14.8. The molecule has 3 N–H and O–H groups in total. The van der Waals surface area contributed by atoms with E-state index in [1.165, 1.54) is 4.90 Å². The Labute approximate surface area is 333 Å². The number of amides is 4. The second kappa shape index (κ2) is 15.7. The van der Waals surface area contributed by atoms with E-state index in [0.717, 1.165) is 6.42 Å². The van der Waals surface area contributed by atoms with Gasteiger partial charge in [0.1, 0.15) is 35.1 Å². The molecule has 0 spiro atoms. The summed E-state index contributed by atoms with van der Waals surface area (Å²) in [5.41, 5.74) is -2.38. The Morgan fingerprint density at radius 1 is 1.12 bits per heavy atom. The van der Waals surface area contributed by atoms with E-state index in [1.807, 2.05) is 26.0 Å². The quantitative estimate of drug-likeness (QED) is 0.291. The fraction of sp³-hybridized carbons (Fsp3) is 0.625. The van der Waals surface area contributed by atoms with E-state index in [1.54, 1.807) is 52.1 Å². The second-order valence-corrected chi connectivity index (χ2v) is 19.8. The van der Waals surface area contributed by atoms with Gasteiger partial charge < -0.3 is 29.7 Å². The standard InChI is InChI=1S/C40H54ClN5O9S/c1-8-53-31-21-42-34(29-18-26(41)13-14-28(29)31)54-27-19-30-33(47)44-40(36(49)45-56(51,52)39(7)15-16-39)20-25(40)12-10-9-11-23(2)17-24(3)32(35(48)46(30)22-27)43-37(50)55-38(4,5)6/h10,12-14,18,21,23-25,27,30,32H,8-9,11,15-17,19-20,22H2,1-7H3,(H,43,50)(H,44,47)(H,45,49)/b12-10-/t23-,24-,25?,27-,30+,32+,40?/m1/s1. The van der Waals surface area contributed by atoms with Gasteiger partial charge in [0, 0.05) is 28.1 Å². The minimum absolute atomic E-state index is 0.00698. The van der Waals surface area contributed by atoms with Crippen molar-refractivity contribution in [1.29, 1.82) is 0 Å². The van der Waals surface area contributed by atoms with Crippen LogP contribution in [0.15, 0.2) is 36.5 Å². The summed E-state index contributed by atoms with van der Waals surface area (Å²) in [7, 11) is -4.01. The highest BCUT2D eigenvalue weighted by molar-refractivity contribution is 7.91. The number of nitrogens with one attached hydrogen (secondary N) is 3. The van der Waals surface area contributed by atoms with Gasteiger partial charge in [-0.15, -0.1) is 0 Å². The van der Waals surface area contributed by atoms with Crippen LogP contribution in [0.25, 0.3) is 10.8 Å². The SMILES string of the molecule is CCOc1cnc(O[C@@H]2C[C@H]3C(=O)NC4(C(=O)NS(=O)(=O)C5(C)CC5)CC4/C=C\CC[C@@H](C)C[C@@H](C)[C@H](NC(=O)OC(C)(C)C)C(=O)N3C2)c2cc(Cl)ccc12. The number of carbonyl (C=O) groups is 4. The molecule has 16 heteroatoms. The van der Waals surface area contributed by atoms with Crippen molar-refractivity contribution in [2.75, 3.05) is 13.2 Å². The van der Waals surface area contributed by atoms with Gasteiger partial charge in [0.05, 0.1) is 24.1 Å². The van der Waals surface area contributed by atoms with Crippen molar-refractivity contribution in [3.8, 4) is 11.6 Å². The summed E-state index contributed by atoms with van der Waals surface area (Å²) in [6.07, 6.45) is 6.90. The van der Waals surface area contributed by atoms with Gasteiger partial charge in [0.25, 0.3) is 5.91 Å². The number of ether oxygens (including phenoxy) is 3. The van der Waals surface area contributed by atoms with Crippen molar-refractivity contribution in [3.63, 3.8) is 0 Å². The van der Waals surface area contributed by atoms with E-state index in [2.05, 4.69) is 27.3 Å². The number of hydrogen-bond donors (Lipinski definition) is 3. The number of sulfonamides is 1. The number of benzene rings is 1. The number of nitrogens with zero attached hydrogens (tertiary/aromatic N) is 2. The van der Waals surface area contributed by atoms with Crippen molar-refractivity contribution in [2.24, 2.45) is 17.8 Å². The van der Waals surface area contributed by atoms with Crippen LogP contribution in [0.3, 0.4) is 0 Å². The Kier molecular flexibility index (Phi) is 11.6. The van der Waals surface area contributed by atoms with Crippen LogP contribution < -0.4 is 24.8 Å². The van der Waals surface area contributed by atoms with Crippen LogP contribution in [0.1, 0.15) is 93.4 Å². The molecule has 2 saturated carbocycles. The van der Waals surface area contributed by atoms with Crippen LogP contribution in [0.2, 0.25) is 5.02 Å². The lowest BCUT2D eigenvalue weighted by atomic mass is 9.88. The molecule has 4 amide bonds. The lowest BCUT2D eigenvalue weighted by molar-refractivity contribution is -0.142. The number of alkyl carbamates (subject to hydrolysis) is 1. The van der Waals surface area contributed by atoms with Gasteiger partial charge in [-0.1, -0.05) is 37.6 Å². The van der Waals surface area contributed by atoms with E-state index in [9.17, 15) is 27.6 Å². The number of rotatable bonds is 8. The molecule has 2 aliphatic carbocycles. The highest BCUT2D eigenvalue weighted by Gasteiger charge is 2.63. The molecule has 56 heavy (non-hydrogen) atoms. The summed E-state index contributed by atoms with van der Waals surface area (Å²) >= 11 is 6.40. The number of halogens is 1. The zero-order valence-electron chi connectivity index (χ0n) is 33.1. The molecule has 4 aliphatic rings. The number of aromatic nitrogens is 1. The zero-order valence-corrected chi connectivity index (χ0v) is 34.7. The molecule has 0 bridgehead atoms. The number of hydrogen-bond acceptors (Lipinski definition) is 10. The molecule has 2 aromatic rings. The van der Waals surface area contributed by atoms with Crippen LogP contribution in [-0.2, 0) is 29.1 Å². The summed E-state index contributed by atoms with van der Waals surface area (Å²) in [5.74, 6) is -1.90. The molecule has 1 aromatic carbocycles. The largest absolute Gasteiger partial charge is 0.492 e. The molecule has 0 radical (unpaired) electrons. The Morgan fingerprint density at radius 3 is 2.54 bits per heavy atom. The lowest BCUT2D eigenvalue weighted by Crippen LogP contribution is -2.59. The normalized spacial score (nSPS) is 29.8. The molecular weight excluding hydrogens is 762 g/mol. The summed E-state index contributed by atoms with van der Waals surface area (Å²) in [6, 6.07) is 3.01. The van der Waals surface area contributed by atoms with Crippen LogP contribution in [0.4, 0.5) is 4.79 Å². The average molecular weight is 816 g/mol. The van der Waals surface area contributed by atoms with Gasteiger partial charge in [-0.05, 0) is 103 Å². The highest BCUT2D eigenvalue weighted by atomic mass is 35.5. The molecular formula is C40H54ClN5O9S. The van der Waals surface area contributed by atoms with Gasteiger partial charge in [0.15, 0.2) is 0 Å². The van der Waals surface area contributed by atoms with Crippen molar-refractivity contribution in [3.05, 3.63) is 41.6 Å². The number of allylic oxidation sites excluding steroid dienone is 1. The maximum absolute atomic E-state index is 14.8. The van der Waals surface area contributed by atoms with Gasteiger partial charge in [-0.2, -0.15) is 0 Å². The van der Waals surface area contributed by atoms with E-state index in [-0.39, 0.29) is 37.1 Å². The topological polar surface area (TPSA) is 182 Å². The third kappa shape index (κ3) is 8.88. The van der Waals surface area contributed by atoms with E-state index in [4.69, 9.17) is 25.8 Å². The first-order chi connectivity index (χ1) is 26.3. The molecule has 3 fully saturated rings. The summed E-state index contributed by atoms with van der Waals surface area (Å²) in [6.45, 7) is 12.9. The number of carbonyl (C=O) groups excluding carboxylic acids is 4. The number of pyridine rings is 1. The summed E-state index contributed by atoms with van der Waals surface area (Å²) < 4.78 is 45.5. The molecule has 1 saturated heterocycles. The Balaban J connectivity index is 1.36. The minimum Gasteiger partial charge on any atom is -0.492 e. The smallest absolute Gasteiger partial charge is 0.408 e. The predicted molar refractivity (Wildman–Crippen MR) is 211 cm³/mol. The molecule has 1 aromatic heterocycles. The highest BCUT2D eigenvalue weighted by Crippen LogP contribution is 2.48. The van der Waals surface area contributed by atoms with Crippen LogP contribution >= 0.6 is 11.6 Å². The molecule has 7 atom stereocenters. The fourth-order valence-corrected chi connectivity index (χ4v) is 9.20. The lowest BCUT2D eigenvalue weighted by Gasteiger charge is -2.33.